The lowest BCUT2D eigenvalue weighted by Crippen LogP contribution is -2.24. The fourth-order valence-corrected chi connectivity index (χ4v) is 4.17. The van der Waals surface area contributed by atoms with Gasteiger partial charge < -0.3 is 9.84 Å². The lowest BCUT2D eigenvalue weighted by atomic mass is 10.1. The van der Waals surface area contributed by atoms with E-state index in [4.69, 9.17) is 4.74 Å². The van der Waals surface area contributed by atoms with Gasteiger partial charge in [-0.05, 0) is 59.2 Å². The van der Waals surface area contributed by atoms with Crippen LogP contribution in [0.2, 0.25) is 0 Å². The molecule has 0 bridgehead atoms. The monoisotopic (exact) mass is 477 g/mol. The first kappa shape index (κ1) is 23.7. The Labute approximate surface area is 202 Å². The first-order valence-corrected chi connectivity index (χ1v) is 11.7. The van der Waals surface area contributed by atoms with Gasteiger partial charge >= 0.3 is 0 Å². The van der Waals surface area contributed by atoms with E-state index in [-0.39, 0.29) is 5.56 Å². The lowest BCUT2D eigenvalue weighted by molar-refractivity contribution is 0.0688. The van der Waals surface area contributed by atoms with Crippen LogP contribution in [0.4, 0.5) is 0 Å². The molecule has 0 unspecified atom stereocenters. The molecule has 4 rings (SSSR count). The Kier molecular flexibility index (Phi) is 6.33. The van der Waals surface area contributed by atoms with Crippen molar-refractivity contribution >= 4 is 11.3 Å². The van der Waals surface area contributed by atoms with Crippen LogP contribution < -0.4 is 10.3 Å². The summed E-state index contributed by atoms with van der Waals surface area (Å²) in [6, 6.07) is 5.46. The first-order valence-electron chi connectivity index (χ1n) is 10.8. The third-order valence-corrected chi connectivity index (χ3v) is 6.21. The zero-order valence-electron chi connectivity index (χ0n) is 20.1. The van der Waals surface area contributed by atoms with Gasteiger partial charge in [-0.15, -0.1) is 11.3 Å². The van der Waals surface area contributed by atoms with E-state index in [1.54, 1.807) is 55.1 Å². The molecule has 8 nitrogen and oxygen atoms in total. The maximum absolute atomic E-state index is 13.3. The summed E-state index contributed by atoms with van der Waals surface area (Å²) in [7, 11) is 0. The molecule has 176 valence electrons. The van der Waals surface area contributed by atoms with E-state index in [9.17, 15) is 9.90 Å². The van der Waals surface area contributed by atoms with E-state index in [0.717, 1.165) is 22.0 Å². The topological polar surface area (TPSA) is 103 Å². The van der Waals surface area contributed by atoms with Crippen LogP contribution in [0.5, 0.6) is 5.75 Å². The molecule has 4 heterocycles. The fourth-order valence-electron chi connectivity index (χ4n) is 3.58. The van der Waals surface area contributed by atoms with Crippen molar-refractivity contribution in [3.63, 3.8) is 0 Å². The predicted octanol–water partition coefficient (Wildman–Crippen LogP) is 4.19. The average molecular weight is 478 g/mol. The molecule has 0 aliphatic carbocycles. The molecule has 0 aliphatic heterocycles. The molecule has 0 fully saturated rings. The molecule has 4 aromatic heterocycles. The van der Waals surface area contributed by atoms with E-state index in [2.05, 4.69) is 19.9 Å². The van der Waals surface area contributed by atoms with Crippen molar-refractivity contribution < 1.29 is 9.84 Å². The second-order valence-electron chi connectivity index (χ2n) is 8.75. The Morgan fingerprint density at radius 1 is 1.12 bits per heavy atom. The fraction of sp³-hybridized carbons (Fsp3) is 0.320. The first-order chi connectivity index (χ1) is 16.0. The number of aromatic nitrogens is 5. The Bertz CT molecular complexity index is 1420. The minimum atomic E-state index is -1.18. The molecule has 0 amide bonds. The van der Waals surface area contributed by atoms with Gasteiger partial charge in [0.25, 0.3) is 5.56 Å². The predicted molar refractivity (Wildman–Crippen MR) is 131 cm³/mol. The largest absolute Gasteiger partial charge is 0.487 e. The van der Waals surface area contributed by atoms with E-state index in [1.165, 1.54) is 0 Å². The van der Waals surface area contributed by atoms with Gasteiger partial charge in [0.05, 0.1) is 33.3 Å². The van der Waals surface area contributed by atoms with Gasteiger partial charge in [-0.1, -0.05) is 0 Å². The van der Waals surface area contributed by atoms with Gasteiger partial charge in [0.15, 0.2) is 5.82 Å². The third kappa shape index (κ3) is 4.76. The number of aliphatic hydroxyl groups is 1. The van der Waals surface area contributed by atoms with E-state index in [0.29, 0.717) is 40.8 Å². The highest BCUT2D eigenvalue weighted by Gasteiger charge is 2.22. The van der Waals surface area contributed by atoms with E-state index in [1.807, 2.05) is 38.3 Å². The molecule has 0 atom stereocenters. The van der Waals surface area contributed by atoms with Crippen LogP contribution in [0, 0.1) is 27.7 Å². The summed E-state index contributed by atoms with van der Waals surface area (Å²) in [5, 5.41) is 13.3. The van der Waals surface area contributed by atoms with Gasteiger partial charge in [-0.3, -0.25) is 14.3 Å². The number of hydrogen-bond donors (Lipinski definition) is 1. The van der Waals surface area contributed by atoms with Crippen molar-refractivity contribution in [2.75, 3.05) is 0 Å². The Morgan fingerprint density at radius 2 is 1.88 bits per heavy atom. The van der Waals surface area contributed by atoms with Crippen LogP contribution in [0.15, 0.2) is 40.8 Å². The van der Waals surface area contributed by atoms with Gasteiger partial charge in [0, 0.05) is 29.5 Å². The van der Waals surface area contributed by atoms with E-state index >= 15 is 0 Å². The molecule has 9 heteroatoms. The van der Waals surface area contributed by atoms with Gasteiger partial charge in [-0.2, -0.15) is 0 Å². The van der Waals surface area contributed by atoms with Crippen molar-refractivity contribution in [1.29, 1.82) is 0 Å². The number of thiazole rings is 1. The molecule has 4 aromatic rings. The highest BCUT2D eigenvalue weighted by molar-refractivity contribution is 7.09. The molecular weight excluding hydrogens is 450 g/mol. The van der Waals surface area contributed by atoms with Crippen LogP contribution in [-0.4, -0.2) is 29.6 Å². The molecular formula is C25H27N5O3S. The quantitative estimate of drug-likeness (QED) is 0.444. The minimum absolute atomic E-state index is 0.168. The molecule has 0 aliphatic rings. The standard InChI is InChI=1S/C25H27N5O3S/c1-14-11-27-24(25(5,6)32)29-22(14)20-10-19(7-8-26-20)30-15(2)9-21(16(3)23(30)31)33-12-18-13-34-17(4)28-18/h7-11,13,32H,12H2,1-6H3. The molecule has 0 saturated carbocycles. The third-order valence-electron chi connectivity index (χ3n) is 5.39. The zero-order chi connectivity index (χ0) is 24.6. The Balaban J connectivity index is 1.72. The summed E-state index contributed by atoms with van der Waals surface area (Å²) >= 11 is 1.57. The normalized spacial score (nSPS) is 11.6. The number of rotatable bonds is 6. The Hall–Kier alpha value is -3.43. The van der Waals surface area contributed by atoms with Crippen molar-refractivity contribution in [2.45, 2.75) is 53.8 Å². The minimum Gasteiger partial charge on any atom is -0.487 e. The molecule has 0 spiro atoms. The lowest BCUT2D eigenvalue weighted by Gasteiger charge is -2.18. The molecule has 0 saturated heterocycles. The number of ether oxygens (including phenoxy) is 1. The highest BCUT2D eigenvalue weighted by Crippen LogP contribution is 2.25. The summed E-state index contributed by atoms with van der Waals surface area (Å²) < 4.78 is 7.55. The van der Waals surface area contributed by atoms with E-state index < -0.39 is 5.60 Å². The summed E-state index contributed by atoms with van der Waals surface area (Å²) in [5.74, 6) is 0.849. The van der Waals surface area contributed by atoms with Crippen LogP contribution in [0.25, 0.3) is 17.1 Å². The van der Waals surface area contributed by atoms with Crippen molar-refractivity contribution in [3.05, 3.63) is 79.7 Å². The molecule has 0 radical (unpaired) electrons. The summed E-state index contributed by atoms with van der Waals surface area (Å²) in [5.41, 5.74) is 3.41. The highest BCUT2D eigenvalue weighted by atomic mass is 32.1. The number of hydrogen-bond acceptors (Lipinski definition) is 8. The van der Waals surface area contributed by atoms with Gasteiger partial charge in [-0.25, -0.2) is 15.0 Å². The Morgan fingerprint density at radius 3 is 2.56 bits per heavy atom. The molecule has 0 aromatic carbocycles. The maximum atomic E-state index is 13.3. The van der Waals surface area contributed by atoms with Crippen molar-refractivity contribution in [2.24, 2.45) is 0 Å². The molecule has 1 N–H and O–H groups in total. The second kappa shape index (κ2) is 9.08. The second-order valence-corrected chi connectivity index (χ2v) is 9.81. The van der Waals surface area contributed by atoms with Crippen molar-refractivity contribution in [1.82, 2.24) is 24.5 Å². The maximum Gasteiger partial charge on any atom is 0.261 e. The average Bonchev–Trinajstić information content (AvgIpc) is 3.20. The van der Waals surface area contributed by atoms with Gasteiger partial charge in [0.1, 0.15) is 18.0 Å². The summed E-state index contributed by atoms with van der Waals surface area (Å²) in [4.78, 5) is 31.0. The SMILES string of the molecule is Cc1nc(COc2cc(C)n(-c3ccnc(-c4nc(C(C)(C)O)ncc4C)c3)c(=O)c2C)cs1. The van der Waals surface area contributed by atoms with Crippen LogP contribution in [-0.2, 0) is 12.2 Å². The van der Waals surface area contributed by atoms with Crippen LogP contribution in [0.3, 0.4) is 0 Å². The number of pyridine rings is 2. The van der Waals surface area contributed by atoms with Crippen LogP contribution >= 0.6 is 11.3 Å². The van der Waals surface area contributed by atoms with Crippen LogP contribution in [0.1, 0.15) is 47.2 Å². The zero-order valence-corrected chi connectivity index (χ0v) is 20.9. The van der Waals surface area contributed by atoms with Crippen molar-refractivity contribution in [3.8, 4) is 22.8 Å². The summed E-state index contributed by atoms with van der Waals surface area (Å²) in [6.45, 7) is 11.0. The number of nitrogens with zero attached hydrogens (tertiary/aromatic N) is 5. The molecule has 34 heavy (non-hydrogen) atoms. The summed E-state index contributed by atoms with van der Waals surface area (Å²) in [6.07, 6.45) is 3.31. The number of aryl methyl sites for hydroxylation is 3. The smallest absolute Gasteiger partial charge is 0.261 e. The van der Waals surface area contributed by atoms with Gasteiger partial charge in [0.2, 0.25) is 0 Å².